The van der Waals surface area contributed by atoms with Crippen molar-refractivity contribution < 1.29 is 4.79 Å². The van der Waals surface area contributed by atoms with E-state index in [-0.39, 0.29) is 0 Å². The Hall–Kier alpha value is -1.70. The van der Waals surface area contributed by atoms with Crippen LogP contribution in [0.2, 0.25) is 0 Å². The van der Waals surface area contributed by atoms with E-state index in [1.165, 1.54) is 0 Å². The highest BCUT2D eigenvalue weighted by atomic mass is 16.1. The fourth-order valence-electron chi connectivity index (χ4n) is 1.57. The summed E-state index contributed by atoms with van der Waals surface area (Å²) in [5.74, 6) is 0. The average Bonchev–Trinajstić information content (AvgIpc) is 2.61. The molecule has 0 aromatic heterocycles. The molecule has 0 radical (unpaired) electrons. The van der Waals surface area contributed by atoms with E-state index in [2.05, 4.69) is 4.99 Å². The minimum atomic E-state index is 0.651. The molecule has 0 amide bonds. The molecule has 1 aromatic carbocycles. The number of nitrogens with zero attached hydrogens (tertiary/aromatic N) is 1. The predicted molar refractivity (Wildman–Crippen MR) is 56.6 cm³/mol. The van der Waals surface area contributed by atoms with Crippen molar-refractivity contribution in [2.24, 2.45) is 4.99 Å². The highest BCUT2D eigenvalue weighted by molar-refractivity contribution is 6.24. The zero-order valence-electron chi connectivity index (χ0n) is 8.03. The van der Waals surface area contributed by atoms with E-state index in [0.717, 1.165) is 28.7 Å². The molecular weight excluding hydrogens is 174 g/mol. The Morgan fingerprint density at radius 3 is 2.64 bits per heavy atom. The molecule has 0 N–H and O–H groups in total. The first-order chi connectivity index (χ1) is 6.83. The molecule has 0 aliphatic carbocycles. The zero-order chi connectivity index (χ0) is 9.97. The van der Waals surface area contributed by atoms with Crippen molar-refractivity contribution in [1.29, 1.82) is 0 Å². The fourth-order valence-corrected chi connectivity index (χ4v) is 1.57. The zero-order valence-corrected chi connectivity index (χ0v) is 8.03. The molecule has 14 heavy (non-hydrogen) atoms. The number of hydrogen-bond acceptors (Lipinski definition) is 2. The van der Waals surface area contributed by atoms with Crippen molar-refractivity contribution in [3.8, 4) is 0 Å². The molecule has 1 aliphatic rings. The van der Waals surface area contributed by atoms with Gasteiger partial charge in [0.2, 0.25) is 0 Å². The largest absolute Gasteiger partial charge is 0.298 e. The Morgan fingerprint density at radius 1 is 1.29 bits per heavy atom. The van der Waals surface area contributed by atoms with Gasteiger partial charge in [0.05, 0.1) is 12.3 Å². The van der Waals surface area contributed by atoms with Crippen molar-refractivity contribution in [2.45, 2.75) is 6.92 Å². The third-order valence-electron chi connectivity index (χ3n) is 2.35. The number of benzene rings is 1. The van der Waals surface area contributed by atoms with Crippen LogP contribution in [0, 0.1) is 0 Å². The molecule has 70 valence electrons. The minimum absolute atomic E-state index is 0.651. The van der Waals surface area contributed by atoms with E-state index in [0.29, 0.717) is 6.54 Å². The van der Waals surface area contributed by atoms with Crippen LogP contribution in [0.4, 0.5) is 0 Å². The smallest absolute Gasteiger partial charge is 0.152 e. The van der Waals surface area contributed by atoms with Crippen LogP contribution in [0.5, 0.6) is 0 Å². The molecule has 2 rings (SSSR count). The molecule has 2 heteroatoms. The fraction of sp³-hybridized carbons (Fsp3) is 0.167. The van der Waals surface area contributed by atoms with Gasteiger partial charge in [0, 0.05) is 11.1 Å². The van der Waals surface area contributed by atoms with Gasteiger partial charge in [-0.2, -0.15) is 0 Å². The predicted octanol–water partition coefficient (Wildman–Crippen LogP) is 2.00. The second-order valence-corrected chi connectivity index (χ2v) is 3.34. The second-order valence-electron chi connectivity index (χ2n) is 3.34. The average molecular weight is 185 g/mol. The van der Waals surface area contributed by atoms with Gasteiger partial charge < -0.3 is 0 Å². The third kappa shape index (κ3) is 1.39. The molecule has 1 aliphatic heterocycles. The summed E-state index contributed by atoms with van der Waals surface area (Å²) < 4.78 is 0. The monoisotopic (exact) mass is 185 g/mol. The Labute approximate surface area is 83.0 Å². The number of hydrogen-bond donors (Lipinski definition) is 0. The van der Waals surface area contributed by atoms with Crippen molar-refractivity contribution in [1.82, 2.24) is 0 Å². The van der Waals surface area contributed by atoms with Gasteiger partial charge in [-0.15, -0.1) is 0 Å². The first-order valence-corrected chi connectivity index (χ1v) is 4.58. The Bertz CT molecular complexity index is 415. The maximum Gasteiger partial charge on any atom is 0.152 e. The van der Waals surface area contributed by atoms with Gasteiger partial charge in [-0.1, -0.05) is 30.3 Å². The normalized spacial score (nSPS) is 15.6. The summed E-state index contributed by atoms with van der Waals surface area (Å²) in [5, 5.41) is 0. The number of carbonyl (C=O) groups excluding carboxylic acids is 1. The lowest BCUT2D eigenvalue weighted by atomic mass is 10.0. The lowest BCUT2D eigenvalue weighted by Crippen LogP contribution is -2.03. The van der Waals surface area contributed by atoms with Gasteiger partial charge in [0.15, 0.2) is 6.29 Å². The van der Waals surface area contributed by atoms with Crippen LogP contribution in [-0.4, -0.2) is 18.5 Å². The summed E-state index contributed by atoms with van der Waals surface area (Å²) >= 11 is 0. The van der Waals surface area contributed by atoms with E-state index in [4.69, 9.17) is 0 Å². The van der Waals surface area contributed by atoms with E-state index < -0.39 is 0 Å². The van der Waals surface area contributed by atoms with Gasteiger partial charge >= 0.3 is 0 Å². The van der Waals surface area contributed by atoms with E-state index in [9.17, 15) is 4.79 Å². The lowest BCUT2D eigenvalue weighted by Gasteiger charge is -2.00. The van der Waals surface area contributed by atoms with Crippen LogP contribution in [-0.2, 0) is 4.79 Å². The maximum atomic E-state index is 10.9. The van der Waals surface area contributed by atoms with Gasteiger partial charge in [-0.05, 0) is 12.5 Å². The molecule has 1 heterocycles. The van der Waals surface area contributed by atoms with Crippen LogP contribution in [0.15, 0.2) is 46.5 Å². The standard InChI is InChI=1S/C12H11NO/c1-9-7-13-12(11(9)8-14)10-5-3-2-4-6-10/h2-6,8H,7H2,1H3. The van der Waals surface area contributed by atoms with Crippen molar-refractivity contribution in [3.63, 3.8) is 0 Å². The molecule has 0 unspecified atom stereocenters. The maximum absolute atomic E-state index is 10.9. The second kappa shape index (κ2) is 3.58. The number of aliphatic imine (C=N–C) groups is 1. The molecule has 1 aromatic rings. The summed E-state index contributed by atoms with van der Waals surface area (Å²) in [6, 6.07) is 9.81. The summed E-state index contributed by atoms with van der Waals surface area (Å²) in [6.45, 7) is 2.60. The number of rotatable bonds is 2. The topological polar surface area (TPSA) is 29.4 Å². The summed E-state index contributed by atoms with van der Waals surface area (Å²) in [7, 11) is 0. The number of allylic oxidation sites excluding steroid dienone is 1. The van der Waals surface area contributed by atoms with Crippen molar-refractivity contribution >= 4 is 12.0 Å². The highest BCUT2D eigenvalue weighted by Crippen LogP contribution is 2.18. The number of aldehydes is 1. The van der Waals surface area contributed by atoms with Crippen molar-refractivity contribution in [3.05, 3.63) is 47.0 Å². The van der Waals surface area contributed by atoms with Crippen molar-refractivity contribution in [2.75, 3.05) is 6.54 Å². The molecule has 0 bridgehead atoms. The van der Waals surface area contributed by atoms with Crippen LogP contribution in [0.1, 0.15) is 12.5 Å². The molecule has 0 fully saturated rings. The van der Waals surface area contributed by atoms with Crippen LogP contribution < -0.4 is 0 Å². The van der Waals surface area contributed by atoms with E-state index in [1.807, 2.05) is 37.3 Å². The first-order valence-electron chi connectivity index (χ1n) is 4.58. The quantitative estimate of drug-likeness (QED) is 0.648. The van der Waals surface area contributed by atoms with Gasteiger partial charge in [-0.3, -0.25) is 9.79 Å². The van der Waals surface area contributed by atoms with Gasteiger partial charge in [0.25, 0.3) is 0 Å². The van der Waals surface area contributed by atoms with Crippen LogP contribution >= 0.6 is 0 Å². The molecular formula is C12H11NO. The molecule has 0 atom stereocenters. The van der Waals surface area contributed by atoms with Gasteiger partial charge in [-0.25, -0.2) is 0 Å². The molecule has 0 saturated heterocycles. The van der Waals surface area contributed by atoms with Crippen LogP contribution in [0.3, 0.4) is 0 Å². The van der Waals surface area contributed by atoms with Crippen LogP contribution in [0.25, 0.3) is 0 Å². The Morgan fingerprint density at radius 2 is 2.00 bits per heavy atom. The summed E-state index contributed by atoms with van der Waals surface area (Å²) in [4.78, 5) is 15.2. The number of carbonyl (C=O) groups is 1. The molecule has 2 nitrogen and oxygen atoms in total. The van der Waals surface area contributed by atoms with Gasteiger partial charge in [0.1, 0.15) is 0 Å². The summed E-state index contributed by atoms with van der Waals surface area (Å²) in [5.41, 5.74) is 3.65. The minimum Gasteiger partial charge on any atom is -0.298 e. The SMILES string of the molecule is CC1=C(C=O)C(c2ccccc2)=NC1. The molecule has 0 saturated carbocycles. The lowest BCUT2D eigenvalue weighted by molar-refractivity contribution is -0.104. The highest BCUT2D eigenvalue weighted by Gasteiger charge is 2.16. The third-order valence-corrected chi connectivity index (χ3v) is 2.35. The summed E-state index contributed by atoms with van der Waals surface area (Å²) in [6.07, 6.45) is 0.897. The Kier molecular flexibility index (Phi) is 2.27. The van der Waals surface area contributed by atoms with E-state index in [1.54, 1.807) is 0 Å². The van der Waals surface area contributed by atoms with E-state index >= 15 is 0 Å². The Balaban J connectivity index is 2.43. The molecule has 0 spiro atoms. The first kappa shape index (κ1) is 8.88.